The van der Waals surface area contributed by atoms with Crippen LogP contribution in [0.25, 0.3) is 0 Å². The maximum Gasteiger partial charge on any atom is 0.269 e. The highest BCUT2D eigenvalue weighted by Gasteiger charge is 2.07. The van der Waals surface area contributed by atoms with Gasteiger partial charge in [-0.05, 0) is 31.2 Å². The molecule has 4 nitrogen and oxygen atoms in total. The molecule has 0 heterocycles. The number of carbonyl (C=O) groups excluding carboxylic acids is 2. The van der Waals surface area contributed by atoms with Crippen molar-refractivity contribution in [1.29, 1.82) is 0 Å². The molecular weight excluding hydrogens is 296 g/mol. The molecule has 0 spiro atoms. The minimum Gasteiger partial charge on any atom is -0.273 e. The summed E-state index contributed by atoms with van der Waals surface area (Å²) in [6.45, 7) is 1.95. The van der Waals surface area contributed by atoms with Gasteiger partial charge in [0, 0.05) is 22.6 Å². The van der Waals surface area contributed by atoms with Crippen LogP contribution < -0.4 is 10.9 Å². The minimum atomic E-state index is -0.316. The smallest absolute Gasteiger partial charge is 0.269 e. The lowest BCUT2D eigenvalue weighted by atomic mass is 10.1. The minimum absolute atomic E-state index is 0.205. The van der Waals surface area contributed by atoms with Crippen LogP contribution in [0.1, 0.15) is 22.3 Å². The third kappa shape index (κ3) is 5.26. The van der Waals surface area contributed by atoms with Gasteiger partial charge in [-0.1, -0.05) is 35.9 Å². The van der Waals surface area contributed by atoms with Gasteiger partial charge in [0.15, 0.2) is 0 Å². The predicted octanol–water partition coefficient (Wildman–Crippen LogP) is 2.94. The number of thioether (sulfide) groups is 1. The maximum absolute atomic E-state index is 11.8. The Morgan fingerprint density at radius 1 is 0.955 bits per heavy atom. The summed E-state index contributed by atoms with van der Waals surface area (Å²) in [6, 6.07) is 17.0. The predicted molar refractivity (Wildman–Crippen MR) is 88.6 cm³/mol. The Morgan fingerprint density at radius 3 is 2.32 bits per heavy atom. The van der Waals surface area contributed by atoms with Gasteiger partial charge in [0.2, 0.25) is 5.91 Å². The molecule has 2 aromatic carbocycles. The van der Waals surface area contributed by atoms with Gasteiger partial charge in [0.1, 0.15) is 0 Å². The van der Waals surface area contributed by atoms with E-state index in [0.717, 1.165) is 10.5 Å². The van der Waals surface area contributed by atoms with Crippen molar-refractivity contribution >= 4 is 23.6 Å². The molecule has 0 radical (unpaired) electrons. The van der Waals surface area contributed by atoms with Crippen LogP contribution >= 0.6 is 11.8 Å². The van der Waals surface area contributed by atoms with Crippen molar-refractivity contribution in [3.63, 3.8) is 0 Å². The molecule has 2 rings (SSSR count). The van der Waals surface area contributed by atoms with E-state index in [1.807, 2.05) is 49.4 Å². The van der Waals surface area contributed by atoms with Crippen molar-refractivity contribution in [2.24, 2.45) is 0 Å². The maximum atomic E-state index is 11.8. The molecule has 0 bridgehead atoms. The van der Waals surface area contributed by atoms with E-state index in [0.29, 0.717) is 17.7 Å². The van der Waals surface area contributed by atoms with Gasteiger partial charge in [0.05, 0.1) is 0 Å². The van der Waals surface area contributed by atoms with Crippen LogP contribution in [0.15, 0.2) is 59.5 Å². The van der Waals surface area contributed by atoms with Crippen molar-refractivity contribution in [2.45, 2.75) is 18.2 Å². The van der Waals surface area contributed by atoms with Gasteiger partial charge >= 0.3 is 0 Å². The summed E-state index contributed by atoms with van der Waals surface area (Å²) in [4.78, 5) is 24.6. The number of hydrogen-bond acceptors (Lipinski definition) is 3. The van der Waals surface area contributed by atoms with E-state index < -0.39 is 0 Å². The number of nitrogens with one attached hydrogen (secondary N) is 2. The molecule has 0 unspecified atom stereocenters. The van der Waals surface area contributed by atoms with Crippen LogP contribution in [-0.2, 0) is 4.79 Å². The Morgan fingerprint density at radius 2 is 1.64 bits per heavy atom. The van der Waals surface area contributed by atoms with Crippen LogP contribution in [0.4, 0.5) is 0 Å². The second kappa shape index (κ2) is 8.24. The largest absolute Gasteiger partial charge is 0.273 e. The van der Waals surface area contributed by atoms with Crippen LogP contribution in [0.5, 0.6) is 0 Å². The van der Waals surface area contributed by atoms with Crippen LogP contribution in [0.2, 0.25) is 0 Å². The average Bonchev–Trinajstić information content (AvgIpc) is 2.54. The standard InChI is InChI=1S/C17H18N2O2S/c1-13-7-9-14(10-8-13)17(21)19-18-16(20)11-12-22-15-5-3-2-4-6-15/h2-10H,11-12H2,1H3,(H,18,20)(H,19,21). The first-order chi connectivity index (χ1) is 10.6. The number of benzene rings is 2. The molecule has 0 aliphatic carbocycles. The molecule has 0 aliphatic heterocycles. The van der Waals surface area contributed by atoms with Crippen molar-refractivity contribution in [1.82, 2.24) is 10.9 Å². The number of aryl methyl sites for hydroxylation is 1. The molecular formula is C17H18N2O2S. The van der Waals surface area contributed by atoms with Gasteiger partial charge in [-0.2, -0.15) is 0 Å². The van der Waals surface area contributed by atoms with Gasteiger partial charge in [-0.25, -0.2) is 0 Å². The first kappa shape index (κ1) is 16.1. The Balaban J connectivity index is 1.69. The Hall–Kier alpha value is -2.27. The molecule has 22 heavy (non-hydrogen) atoms. The summed E-state index contributed by atoms with van der Waals surface area (Å²) in [5.74, 6) is 0.143. The molecule has 0 saturated heterocycles. The first-order valence-corrected chi connectivity index (χ1v) is 7.97. The van der Waals surface area contributed by atoms with E-state index in [4.69, 9.17) is 0 Å². The van der Waals surface area contributed by atoms with E-state index in [2.05, 4.69) is 10.9 Å². The molecule has 0 atom stereocenters. The summed E-state index contributed by atoms with van der Waals surface area (Å²) < 4.78 is 0. The molecule has 0 aromatic heterocycles. The third-order valence-corrected chi connectivity index (χ3v) is 3.98. The lowest BCUT2D eigenvalue weighted by Crippen LogP contribution is -2.41. The molecule has 114 valence electrons. The highest BCUT2D eigenvalue weighted by Crippen LogP contribution is 2.17. The monoisotopic (exact) mass is 314 g/mol. The fraction of sp³-hybridized carbons (Fsp3) is 0.176. The van der Waals surface area contributed by atoms with E-state index in [-0.39, 0.29) is 11.8 Å². The van der Waals surface area contributed by atoms with Gasteiger partial charge in [-0.15, -0.1) is 11.8 Å². The topological polar surface area (TPSA) is 58.2 Å². The molecule has 0 saturated carbocycles. The fourth-order valence-electron chi connectivity index (χ4n) is 1.74. The molecule has 2 amide bonds. The van der Waals surface area contributed by atoms with Gasteiger partial charge in [-0.3, -0.25) is 20.4 Å². The zero-order valence-corrected chi connectivity index (χ0v) is 13.2. The normalized spacial score (nSPS) is 10.0. The quantitative estimate of drug-likeness (QED) is 0.659. The summed E-state index contributed by atoms with van der Waals surface area (Å²) >= 11 is 1.61. The summed E-state index contributed by atoms with van der Waals surface area (Å²) in [5.41, 5.74) is 6.45. The van der Waals surface area contributed by atoms with Gasteiger partial charge < -0.3 is 0 Å². The number of amides is 2. The Bertz CT molecular complexity index is 627. The fourth-order valence-corrected chi connectivity index (χ4v) is 2.62. The Kier molecular flexibility index (Phi) is 6.03. The van der Waals surface area contributed by atoms with E-state index in [9.17, 15) is 9.59 Å². The average molecular weight is 314 g/mol. The number of hydrogen-bond donors (Lipinski definition) is 2. The highest BCUT2D eigenvalue weighted by molar-refractivity contribution is 7.99. The van der Waals surface area contributed by atoms with E-state index in [1.54, 1.807) is 23.9 Å². The lowest BCUT2D eigenvalue weighted by molar-refractivity contribution is -0.121. The Labute approximate surface area is 134 Å². The number of hydrazine groups is 1. The second-order valence-electron chi connectivity index (χ2n) is 4.78. The summed E-state index contributed by atoms with van der Waals surface area (Å²) in [7, 11) is 0. The van der Waals surface area contributed by atoms with Crippen molar-refractivity contribution in [3.05, 3.63) is 65.7 Å². The molecule has 2 aromatic rings. The molecule has 0 fully saturated rings. The van der Waals surface area contributed by atoms with E-state index >= 15 is 0 Å². The summed E-state index contributed by atoms with van der Waals surface area (Å²) in [6.07, 6.45) is 0.341. The highest BCUT2D eigenvalue weighted by atomic mass is 32.2. The number of carbonyl (C=O) groups is 2. The van der Waals surface area contributed by atoms with Crippen LogP contribution in [-0.4, -0.2) is 17.6 Å². The van der Waals surface area contributed by atoms with Crippen LogP contribution in [0, 0.1) is 6.92 Å². The van der Waals surface area contributed by atoms with Gasteiger partial charge in [0.25, 0.3) is 5.91 Å². The first-order valence-electron chi connectivity index (χ1n) is 6.99. The second-order valence-corrected chi connectivity index (χ2v) is 5.95. The van der Waals surface area contributed by atoms with Crippen molar-refractivity contribution in [2.75, 3.05) is 5.75 Å². The summed E-state index contributed by atoms with van der Waals surface area (Å²) in [5, 5.41) is 0. The third-order valence-electron chi connectivity index (χ3n) is 2.97. The molecule has 0 aliphatic rings. The SMILES string of the molecule is Cc1ccc(C(=O)NNC(=O)CCSc2ccccc2)cc1. The molecule has 2 N–H and O–H groups in total. The van der Waals surface area contributed by atoms with Crippen LogP contribution in [0.3, 0.4) is 0 Å². The zero-order valence-electron chi connectivity index (χ0n) is 12.3. The van der Waals surface area contributed by atoms with Crippen molar-refractivity contribution in [3.8, 4) is 0 Å². The number of rotatable bonds is 5. The lowest BCUT2D eigenvalue weighted by Gasteiger charge is -2.07. The van der Waals surface area contributed by atoms with E-state index in [1.165, 1.54) is 0 Å². The zero-order chi connectivity index (χ0) is 15.8. The molecule has 5 heteroatoms. The van der Waals surface area contributed by atoms with Crippen molar-refractivity contribution < 1.29 is 9.59 Å².